The molecule has 7 nitrogen and oxygen atoms in total. The van der Waals surface area contributed by atoms with Crippen molar-refractivity contribution < 1.29 is 17.6 Å². The van der Waals surface area contributed by atoms with Crippen LogP contribution in [0.3, 0.4) is 0 Å². The number of carbonyl (C=O) groups is 1. The summed E-state index contributed by atoms with van der Waals surface area (Å²) in [6, 6.07) is 4.21. The second-order valence-electron chi connectivity index (χ2n) is 6.52. The van der Waals surface area contributed by atoms with Crippen LogP contribution in [0.1, 0.15) is 31.5 Å². The van der Waals surface area contributed by atoms with Gasteiger partial charge in [0.25, 0.3) is 0 Å². The van der Waals surface area contributed by atoms with Gasteiger partial charge >= 0.3 is 0 Å². The summed E-state index contributed by atoms with van der Waals surface area (Å²) in [6.07, 6.45) is 4.87. The number of anilines is 1. The minimum Gasteiger partial charge on any atom is -0.326 e. The van der Waals surface area contributed by atoms with Crippen LogP contribution in [0.4, 0.5) is 10.1 Å². The molecular formula is C17H21FN4O3S. The molecule has 1 aliphatic heterocycles. The zero-order valence-electron chi connectivity index (χ0n) is 14.5. The van der Waals surface area contributed by atoms with E-state index in [-0.39, 0.29) is 17.7 Å². The van der Waals surface area contributed by atoms with Crippen molar-refractivity contribution in [2.24, 2.45) is 0 Å². The molecule has 0 fully saturated rings. The van der Waals surface area contributed by atoms with Gasteiger partial charge in [-0.05, 0) is 31.0 Å². The van der Waals surface area contributed by atoms with E-state index in [9.17, 15) is 17.6 Å². The molecule has 9 heteroatoms. The summed E-state index contributed by atoms with van der Waals surface area (Å²) in [5, 5.41) is 10.9. The topological polar surface area (TPSA) is 93.9 Å². The number of fused-ring (bicyclic) bond motifs is 1. The van der Waals surface area contributed by atoms with Gasteiger partial charge in [0.2, 0.25) is 5.91 Å². The van der Waals surface area contributed by atoms with Gasteiger partial charge in [0.15, 0.2) is 5.82 Å². The number of nitrogens with zero attached hydrogens (tertiary/aromatic N) is 3. The van der Waals surface area contributed by atoms with Crippen LogP contribution in [-0.4, -0.2) is 41.1 Å². The smallest absolute Gasteiger partial charge is 0.225 e. The highest BCUT2D eigenvalue weighted by Gasteiger charge is 2.19. The Morgan fingerprint density at radius 1 is 1.27 bits per heavy atom. The first-order chi connectivity index (χ1) is 12.3. The molecule has 1 aromatic carbocycles. The van der Waals surface area contributed by atoms with Crippen LogP contribution in [0.2, 0.25) is 0 Å². The highest BCUT2D eigenvalue weighted by atomic mass is 32.2. The van der Waals surface area contributed by atoms with Gasteiger partial charge in [-0.1, -0.05) is 6.42 Å². The lowest BCUT2D eigenvalue weighted by molar-refractivity contribution is -0.115. The van der Waals surface area contributed by atoms with E-state index in [0.29, 0.717) is 11.5 Å². The van der Waals surface area contributed by atoms with Gasteiger partial charge in [-0.2, -0.15) is 0 Å². The number of aryl methyl sites for hydroxylation is 1. The van der Waals surface area contributed by atoms with Crippen LogP contribution in [0.25, 0.3) is 11.4 Å². The summed E-state index contributed by atoms with van der Waals surface area (Å²) in [4.78, 5) is 11.9. The van der Waals surface area contributed by atoms with E-state index in [0.717, 1.165) is 44.3 Å². The van der Waals surface area contributed by atoms with Gasteiger partial charge in [0.05, 0.1) is 11.3 Å². The molecule has 2 heterocycles. The maximum Gasteiger partial charge on any atom is 0.225 e. The van der Waals surface area contributed by atoms with E-state index >= 15 is 0 Å². The molecule has 140 valence electrons. The number of aromatic nitrogens is 3. The number of sulfone groups is 1. The normalized spacial score (nSPS) is 14.5. The molecule has 0 saturated carbocycles. The standard InChI is InChI=1S/C17H21FN4O3S/c1-26(24,25)10-8-16(23)19-12-6-7-14(18)13(11-12)17-21-20-15-5-3-2-4-9-22(15)17/h6-7,11H,2-5,8-10H2,1H3,(H,19,23). The van der Waals surface area contributed by atoms with E-state index in [1.165, 1.54) is 18.2 Å². The molecule has 26 heavy (non-hydrogen) atoms. The Balaban J connectivity index is 1.83. The number of halogens is 1. The summed E-state index contributed by atoms with van der Waals surface area (Å²) in [6.45, 7) is 0.738. The van der Waals surface area contributed by atoms with Crippen molar-refractivity contribution in [3.05, 3.63) is 29.8 Å². The van der Waals surface area contributed by atoms with Crippen LogP contribution >= 0.6 is 0 Å². The molecule has 0 atom stereocenters. The Hall–Kier alpha value is -2.29. The summed E-state index contributed by atoms with van der Waals surface area (Å²) in [5.41, 5.74) is 0.664. The number of rotatable bonds is 5. The van der Waals surface area contributed by atoms with Crippen LogP contribution in [0.5, 0.6) is 0 Å². The number of nitrogens with one attached hydrogen (secondary N) is 1. The molecule has 2 aromatic rings. The number of hydrogen-bond acceptors (Lipinski definition) is 5. The zero-order valence-corrected chi connectivity index (χ0v) is 15.4. The maximum atomic E-state index is 14.4. The predicted molar refractivity (Wildman–Crippen MR) is 95.9 cm³/mol. The monoisotopic (exact) mass is 380 g/mol. The molecule has 1 amide bonds. The predicted octanol–water partition coefficient (Wildman–Crippen LogP) is 2.18. The van der Waals surface area contributed by atoms with Gasteiger partial charge < -0.3 is 9.88 Å². The number of hydrogen-bond donors (Lipinski definition) is 1. The van der Waals surface area contributed by atoms with Crippen LogP contribution in [-0.2, 0) is 27.6 Å². The summed E-state index contributed by atoms with van der Waals surface area (Å²) < 4.78 is 38.6. The van der Waals surface area contributed by atoms with E-state index in [2.05, 4.69) is 15.5 Å². The van der Waals surface area contributed by atoms with Gasteiger partial charge in [0, 0.05) is 31.3 Å². The minimum atomic E-state index is -3.22. The molecular weight excluding hydrogens is 359 g/mol. The highest BCUT2D eigenvalue weighted by molar-refractivity contribution is 7.90. The van der Waals surface area contributed by atoms with Gasteiger partial charge in [-0.25, -0.2) is 12.8 Å². The zero-order chi connectivity index (χ0) is 18.7. The molecule has 0 aliphatic carbocycles. The third-order valence-electron chi connectivity index (χ3n) is 4.30. The number of benzene rings is 1. The van der Waals surface area contributed by atoms with E-state index < -0.39 is 21.6 Å². The SMILES string of the molecule is CS(=O)(=O)CCC(=O)Nc1ccc(F)c(-c2nnc3n2CCCCC3)c1. The van der Waals surface area contributed by atoms with Crippen molar-refractivity contribution in [1.82, 2.24) is 14.8 Å². The Morgan fingerprint density at radius 2 is 2.08 bits per heavy atom. The molecule has 0 saturated heterocycles. The fourth-order valence-electron chi connectivity index (χ4n) is 2.96. The Kier molecular flexibility index (Phi) is 5.36. The lowest BCUT2D eigenvalue weighted by Crippen LogP contribution is -2.16. The van der Waals surface area contributed by atoms with Crippen LogP contribution < -0.4 is 5.32 Å². The van der Waals surface area contributed by atoms with Crippen LogP contribution in [0.15, 0.2) is 18.2 Å². The summed E-state index contributed by atoms with van der Waals surface area (Å²) >= 11 is 0. The number of carbonyl (C=O) groups excluding carboxylic acids is 1. The molecule has 0 radical (unpaired) electrons. The van der Waals surface area contributed by atoms with Crippen molar-refractivity contribution in [2.75, 3.05) is 17.3 Å². The minimum absolute atomic E-state index is 0.147. The highest BCUT2D eigenvalue weighted by Crippen LogP contribution is 2.27. The fraction of sp³-hybridized carbons (Fsp3) is 0.471. The molecule has 0 bridgehead atoms. The lowest BCUT2D eigenvalue weighted by Gasteiger charge is -2.10. The van der Waals surface area contributed by atoms with Crippen molar-refractivity contribution >= 4 is 21.4 Å². The molecule has 1 aromatic heterocycles. The van der Waals surface area contributed by atoms with Crippen molar-refractivity contribution in [1.29, 1.82) is 0 Å². The quantitative estimate of drug-likeness (QED) is 0.858. The maximum absolute atomic E-state index is 14.4. The van der Waals surface area contributed by atoms with Crippen molar-refractivity contribution in [3.8, 4) is 11.4 Å². The second-order valence-corrected chi connectivity index (χ2v) is 8.78. The number of amides is 1. The van der Waals surface area contributed by atoms with Crippen molar-refractivity contribution in [2.45, 2.75) is 38.6 Å². The molecule has 0 spiro atoms. The Bertz CT molecular complexity index is 924. The molecule has 3 rings (SSSR count). The largest absolute Gasteiger partial charge is 0.326 e. The average molecular weight is 380 g/mol. The first-order valence-corrected chi connectivity index (χ1v) is 10.6. The first kappa shape index (κ1) is 18.5. The molecule has 1 N–H and O–H groups in total. The molecule has 0 unspecified atom stereocenters. The lowest BCUT2D eigenvalue weighted by atomic mass is 10.1. The van der Waals surface area contributed by atoms with Gasteiger partial charge in [-0.3, -0.25) is 4.79 Å². The summed E-state index contributed by atoms with van der Waals surface area (Å²) in [5.74, 6) is 0.183. The Morgan fingerprint density at radius 3 is 2.85 bits per heavy atom. The van der Waals surface area contributed by atoms with E-state index in [1.54, 1.807) is 0 Å². The fourth-order valence-corrected chi connectivity index (χ4v) is 3.52. The molecule has 1 aliphatic rings. The third kappa shape index (κ3) is 4.46. The van der Waals surface area contributed by atoms with Crippen molar-refractivity contribution in [3.63, 3.8) is 0 Å². The first-order valence-electron chi connectivity index (χ1n) is 8.53. The average Bonchev–Trinajstić information content (AvgIpc) is 2.82. The van der Waals surface area contributed by atoms with E-state index in [4.69, 9.17) is 0 Å². The van der Waals surface area contributed by atoms with Gasteiger partial charge in [-0.15, -0.1) is 10.2 Å². The second kappa shape index (κ2) is 7.53. The van der Waals surface area contributed by atoms with E-state index in [1.807, 2.05) is 4.57 Å². The van der Waals surface area contributed by atoms with Gasteiger partial charge in [0.1, 0.15) is 21.5 Å². The Labute approximate surface area is 151 Å². The third-order valence-corrected chi connectivity index (χ3v) is 5.25. The summed E-state index contributed by atoms with van der Waals surface area (Å²) in [7, 11) is -3.22. The van der Waals surface area contributed by atoms with Crippen LogP contribution in [0, 0.1) is 5.82 Å².